The largest absolute Gasteiger partial charge is 0.456 e. The van der Waals surface area contributed by atoms with Gasteiger partial charge in [-0.25, -0.2) is 4.79 Å². The Morgan fingerprint density at radius 3 is 2.17 bits per heavy atom. The summed E-state index contributed by atoms with van der Waals surface area (Å²) in [6, 6.07) is 16.5. The Morgan fingerprint density at radius 2 is 1.52 bits per heavy atom. The zero-order chi connectivity index (χ0) is 20.6. The Hall–Kier alpha value is -3.48. The molecule has 2 aromatic rings. The standard InChI is InChI=1S/C22H22N2O5/c25-19(17-8-6-16(7-9-17)15-4-2-1-3-5-15)12-13-21(27)29-14-20(26)24-22(28)23-18-10-11-18/h1-9,18H,10-14H2,(H2,23,24,26,28). The van der Waals surface area contributed by atoms with Crippen LogP contribution in [0.5, 0.6) is 0 Å². The Kier molecular flexibility index (Phi) is 6.73. The fourth-order valence-corrected chi connectivity index (χ4v) is 2.67. The van der Waals surface area contributed by atoms with E-state index in [2.05, 4.69) is 10.6 Å². The molecule has 0 unspecified atom stereocenters. The average molecular weight is 394 g/mol. The van der Waals surface area contributed by atoms with E-state index < -0.39 is 24.5 Å². The molecule has 2 aromatic carbocycles. The number of imide groups is 1. The van der Waals surface area contributed by atoms with Crippen molar-refractivity contribution in [1.82, 2.24) is 10.6 Å². The molecule has 0 bridgehead atoms. The van der Waals surface area contributed by atoms with Crippen LogP contribution in [0, 0.1) is 0 Å². The van der Waals surface area contributed by atoms with Crippen LogP contribution in [0.2, 0.25) is 0 Å². The summed E-state index contributed by atoms with van der Waals surface area (Å²) in [6.07, 6.45) is 1.65. The smallest absolute Gasteiger partial charge is 0.321 e. The molecular weight excluding hydrogens is 372 g/mol. The number of urea groups is 1. The van der Waals surface area contributed by atoms with Gasteiger partial charge in [-0.1, -0.05) is 54.6 Å². The second-order valence-electron chi connectivity index (χ2n) is 6.82. The number of carbonyl (C=O) groups is 4. The van der Waals surface area contributed by atoms with Crippen LogP contribution >= 0.6 is 0 Å². The van der Waals surface area contributed by atoms with E-state index in [9.17, 15) is 19.2 Å². The second-order valence-corrected chi connectivity index (χ2v) is 6.82. The minimum absolute atomic E-state index is 0.0205. The summed E-state index contributed by atoms with van der Waals surface area (Å²) < 4.78 is 4.81. The van der Waals surface area contributed by atoms with Crippen molar-refractivity contribution in [3.8, 4) is 11.1 Å². The molecule has 7 heteroatoms. The van der Waals surface area contributed by atoms with Crippen molar-refractivity contribution in [1.29, 1.82) is 0 Å². The average Bonchev–Trinajstić information content (AvgIpc) is 3.55. The second kappa shape index (κ2) is 9.64. The molecule has 0 atom stereocenters. The molecule has 29 heavy (non-hydrogen) atoms. The molecule has 2 N–H and O–H groups in total. The number of rotatable bonds is 8. The molecule has 1 saturated carbocycles. The molecule has 1 aliphatic carbocycles. The zero-order valence-electron chi connectivity index (χ0n) is 15.9. The topological polar surface area (TPSA) is 102 Å². The lowest BCUT2D eigenvalue weighted by Crippen LogP contribution is -2.42. The highest BCUT2D eigenvalue weighted by molar-refractivity contribution is 5.98. The number of ketones is 1. The van der Waals surface area contributed by atoms with Crippen LogP contribution in [0.3, 0.4) is 0 Å². The molecule has 0 aliphatic heterocycles. The zero-order valence-corrected chi connectivity index (χ0v) is 15.9. The third-order valence-corrected chi connectivity index (χ3v) is 4.40. The van der Waals surface area contributed by atoms with E-state index in [0.29, 0.717) is 5.56 Å². The van der Waals surface area contributed by atoms with E-state index in [1.165, 1.54) is 0 Å². The highest BCUT2D eigenvalue weighted by atomic mass is 16.5. The summed E-state index contributed by atoms with van der Waals surface area (Å²) in [5.41, 5.74) is 2.56. The minimum Gasteiger partial charge on any atom is -0.456 e. The SMILES string of the molecule is O=C(COC(=O)CCC(=O)c1ccc(-c2ccccc2)cc1)NC(=O)NC1CC1. The highest BCUT2D eigenvalue weighted by Crippen LogP contribution is 2.20. The number of benzene rings is 2. The number of hydrogen-bond acceptors (Lipinski definition) is 5. The molecule has 0 heterocycles. The normalized spacial score (nSPS) is 12.7. The van der Waals surface area contributed by atoms with Crippen LogP contribution in [-0.4, -0.2) is 36.3 Å². The number of esters is 1. The summed E-state index contributed by atoms with van der Waals surface area (Å²) in [5, 5.41) is 4.67. The summed E-state index contributed by atoms with van der Waals surface area (Å²) in [5.74, 6) is -1.56. The van der Waals surface area contributed by atoms with Gasteiger partial charge in [0.25, 0.3) is 5.91 Å². The fourth-order valence-electron chi connectivity index (χ4n) is 2.67. The van der Waals surface area contributed by atoms with Crippen LogP contribution in [0.15, 0.2) is 54.6 Å². The van der Waals surface area contributed by atoms with Crippen molar-refractivity contribution < 1.29 is 23.9 Å². The number of carbonyl (C=O) groups excluding carboxylic acids is 4. The van der Waals surface area contributed by atoms with E-state index in [1.54, 1.807) is 12.1 Å². The van der Waals surface area contributed by atoms with Crippen molar-refractivity contribution in [3.05, 3.63) is 60.2 Å². The van der Waals surface area contributed by atoms with Crippen molar-refractivity contribution in [2.75, 3.05) is 6.61 Å². The van der Waals surface area contributed by atoms with Gasteiger partial charge in [-0.3, -0.25) is 19.7 Å². The first-order valence-electron chi connectivity index (χ1n) is 9.46. The predicted octanol–water partition coefficient (Wildman–Crippen LogP) is 2.85. The van der Waals surface area contributed by atoms with Gasteiger partial charge in [0.2, 0.25) is 0 Å². The van der Waals surface area contributed by atoms with Gasteiger partial charge in [-0.2, -0.15) is 0 Å². The molecule has 3 rings (SSSR count). The molecule has 3 amide bonds. The maximum atomic E-state index is 12.2. The van der Waals surface area contributed by atoms with E-state index >= 15 is 0 Å². The van der Waals surface area contributed by atoms with Gasteiger partial charge in [0.05, 0.1) is 6.42 Å². The maximum absolute atomic E-state index is 12.2. The van der Waals surface area contributed by atoms with Gasteiger partial charge in [0.15, 0.2) is 12.4 Å². The molecule has 150 valence electrons. The molecule has 0 saturated heterocycles. The van der Waals surface area contributed by atoms with E-state index in [0.717, 1.165) is 24.0 Å². The molecule has 1 aliphatic rings. The third-order valence-electron chi connectivity index (χ3n) is 4.40. The van der Waals surface area contributed by atoms with Crippen molar-refractivity contribution >= 4 is 23.7 Å². The fraction of sp³-hybridized carbons (Fsp3) is 0.273. The van der Waals surface area contributed by atoms with Crippen LogP contribution in [0.1, 0.15) is 36.0 Å². The van der Waals surface area contributed by atoms with Gasteiger partial charge < -0.3 is 10.1 Å². The first kappa shape index (κ1) is 20.3. The van der Waals surface area contributed by atoms with E-state index in [4.69, 9.17) is 4.74 Å². The summed E-state index contributed by atoms with van der Waals surface area (Å²) >= 11 is 0. The van der Waals surface area contributed by atoms with E-state index in [-0.39, 0.29) is 24.7 Å². The van der Waals surface area contributed by atoms with Gasteiger partial charge >= 0.3 is 12.0 Å². The third kappa shape index (κ3) is 6.57. The van der Waals surface area contributed by atoms with Crippen LogP contribution < -0.4 is 10.6 Å². The molecule has 0 spiro atoms. The van der Waals surface area contributed by atoms with Crippen molar-refractivity contribution in [2.45, 2.75) is 31.7 Å². The lowest BCUT2D eigenvalue weighted by Gasteiger charge is -2.07. The monoisotopic (exact) mass is 394 g/mol. The molecule has 0 aromatic heterocycles. The number of Topliss-reactive ketones (excluding diaryl/α,β-unsaturated/α-hetero) is 1. The lowest BCUT2D eigenvalue weighted by molar-refractivity contribution is -0.148. The number of amides is 3. The molecule has 0 radical (unpaired) electrons. The van der Waals surface area contributed by atoms with Crippen molar-refractivity contribution in [2.24, 2.45) is 0 Å². The first-order chi connectivity index (χ1) is 14.0. The first-order valence-corrected chi connectivity index (χ1v) is 9.46. The maximum Gasteiger partial charge on any atom is 0.321 e. The number of ether oxygens (including phenoxy) is 1. The van der Waals surface area contributed by atoms with Crippen LogP contribution in [0.4, 0.5) is 4.79 Å². The molecular formula is C22H22N2O5. The molecule has 7 nitrogen and oxygen atoms in total. The Labute approximate surface area is 168 Å². The Balaban J connectivity index is 1.38. The Bertz CT molecular complexity index is 889. The lowest BCUT2D eigenvalue weighted by atomic mass is 10.0. The highest BCUT2D eigenvalue weighted by Gasteiger charge is 2.24. The van der Waals surface area contributed by atoms with Crippen LogP contribution in [-0.2, 0) is 14.3 Å². The van der Waals surface area contributed by atoms with E-state index in [1.807, 2.05) is 42.5 Å². The predicted molar refractivity (Wildman–Crippen MR) is 106 cm³/mol. The minimum atomic E-state index is -0.709. The summed E-state index contributed by atoms with van der Waals surface area (Å²) in [7, 11) is 0. The quantitative estimate of drug-likeness (QED) is 0.530. The van der Waals surface area contributed by atoms with Gasteiger partial charge in [-0.05, 0) is 24.0 Å². The van der Waals surface area contributed by atoms with Gasteiger partial charge in [-0.15, -0.1) is 0 Å². The summed E-state index contributed by atoms with van der Waals surface area (Å²) in [4.78, 5) is 46.9. The number of nitrogens with one attached hydrogen (secondary N) is 2. The van der Waals surface area contributed by atoms with Crippen molar-refractivity contribution in [3.63, 3.8) is 0 Å². The van der Waals surface area contributed by atoms with Gasteiger partial charge in [0, 0.05) is 18.0 Å². The summed E-state index contributed by atoms with van der Waals surface area (Å²) in [6.45, 7) is -0.559. The molecule has 1 fully saturated rings. The Morgan fingerprint density at radius 1 is 0.862 bits per heavy atom. The van der Waals surface area contributed by atoms with Gasteiger partial charge in [0.1, 0.15) is 0 Å². The number of hydrogen-bond donors (Lipinski definition) is 2. The van der Waals surface area contributed by atoms with Crippen LogP contribution in [0.25, 0.3) is 11.1 Å².